The minimum Gasteiger partial charge on any atom is -0.462 e. The van der Waals surface area contributed by atoms with Crippen LogP contribution in [-0.4, -0.2) is 36.2 Å². The van der Waals surface area contributed by atoms with Gasteiger partial charge in [-0.15, -0.1) is 23.1 Å². The fraction of sp³-hybridized carbons (Fsp3) is 0.0889. The van der Waals surface area contributed by atoms with Crippen molar-refractivity contribution in [1.82, 2.24) is 5.32 Å². The minimum atomic E-state index is -0.857. The lowest BCUT2D eigenvalue weighted by Crippen LogP contribution is -2.30. The SMILES string of the molecule is CCOC(=O)c1c(NC(=O)C(Sc2cccc(NC(=O)/C(=C\c3c(Cl)cccc3Cl)NC(=O)c3ccccc3)c2)c2ccccc2)sc(C(=O)Nc2ccccc2)c1C. The van der Waals surface area contributed by atoms with Gasteiger partial charge < -0.3 is 26.0 Å². The van der Waals surface area contributed by atoms with E-state index < -0.39 is 34.8 Å². The van der Waals surface area contributed by atoms with Gasteiger partial charge in [0.2, 0.25) is 5.91 Å². The van der Waals surface area contributed by atoms with Gasteiger partial charge in [-0.2, -0.15) is 0 Å². The normalized spacial score (nSPS) is 11.6. The lowest BCUT2D eigenvalue weighted by molar-refractivity contribution is -0.116. The molecule has 1 aromatic heterocycles. The van der Waals surface area contributed by atoms with Crippen molar-refractivity contribution in [2.45, 2.75) is 24.0 Å². The summed E-state index contributed by atoms with van der Waals surface area (Å²) in [5.74, 6) is -2.76. The van der Waals surface area contributed by atoms with Gasteiger partial charge in [-0.25, -0.2) is 4.79 Å². The maximum absolute atomic E-state index is 14.3. The third-order valence-electron chi connectivity index (χ3n) is 8.60. The lowest BCUT2D eigenvalue weighted by Gasteiger charge is -2.18. The van der Waals surface area contributed by atoms with Crippen LogP contribution >= 0.6 is 46.3 Å². The van der Waals surface area contributed by atoms with Crippen LogP contribution in [-0.2, 0) is 14.3 Å². The number of carbonyl (C=O) groups is 5. The number of benzene rings is 5. The second kappa shape index (κ2) is 20.0. The Morgan fingerprint density at radius 1 is 0.729 bits per heavy atom. The predicted molar refractivity (Wildman–Crippen MR) is 236 cm³/mol. The van der Waals surface area contributed by atoms with E-state index in [4.69, 9.17) is 27.9 Å². The maximum atomic E-state index is 14.3. The molecule has 5 aromatic carbocycles. The Labute approximate surface area is 359 Å². The summed E-state index contributed by atoms with van der Waals surface area (Å²) in [7, 11) is 0. The van der Waals surface area contributed by atoms with Crippen molar-refractivity contribution in [3.63, 3.8) is 0 Å². The molecule has 1 heterocycles. The van der Waals surface area contributed by atoms with Crippen LogP contribution in [0.5, 0.6) is 0 Å². The fourth-order valence-corrected chi connectivity index (χ4v) is 8.45. The number of hydrogen-bond acceptors (Lipinski definition) is 8. The van der Waals surface area contributed by atoms with Crippen molar-refractivity contribution in [3.05, 3.63) is 182 Å². The van der Waals surface area contributed by atoms with Crippen LogP contribution in [0.25, 0.3) is 6.08 Å². The van der Waals surface area contributed by atoms with Crippen molar-refractivity contribution < 1.29 is 28.7 Å². The van der Waals surface area contributed by atoms with Gasteiger partial charge in [-0.05, 0) is 85.6 Å². The van der Waals surface area contributed by atoms with E-state index in [2.05, 4.69) is 21.3 Å². The zero-order valence-corrected chi connectivity index (χ0v) is 34.7. The van der Waals surface area contributed by atoms with E-state index in [-0.39, 0.29) is 37.8 Å². The second-order valence-corrected chi connectivity index (χ2v) is 15.7. The number of halogens is 2. The molecule has 0 aliphatic rings. The largest absolute Gasteiger partial charge is 0.462 e. The summed E-state index contributed by atoms with van der Waals surface area (Å²) in [6, 6.07) is 38.1. The number of hydrogen-bond donors (Lipinski definition) is 4. The lowest BCUT2D eigenvalue weighted by atomic mass is 10.1. The van der Waals surface area contributed by atoms with E-state index >= 15 is 0 Å². The molecule has 0 saturated carbocycles. The highest BCUT2D eigenvalue weighted by Gasteiger charge is 2.30. The summed E-state index contributed by atoms with van der Waals surface area (Å²) in [6.07, 6.45) is 1.41. The number of anilines is 3. The summed E-state index contributed by atoms with van der Waals surface area (Å²) < 4.78 is 5.34. The molecule has 10 nitrogen and oxygen atoms in total. The van der Waals surface area contributed by atoms with Gasteiger partial charge in [0, 0.05) is 37.4 Å². The molecule has 14 heteroatoms. The molecule has 0 radical (unpaired) electrons. The summed E-state index contributed by atoms with van der Waals surface area (Å²) in [6.45, 7) is 3.40. The molecule has 59 heavy (non-hydrogen) atoms. The van der Waals surface area contributed by atoms with Crippen molar-refractivity contribution in [3.8, 4) is 0 Å². The second-order valence-electron chi connectivity index (χ2n) is 12.7. The summed E-state index contributed by atoms with van der Waals surface area (Å²) >= 11 is 15.0. The van der Waals surface area contributed by atoms with E-state index in [0.717, 1.165) is 11.3 Å². The Kier molecular flexibility index (Phi) is 14.4. The number of thioether (sulfide) groups is 1. The van der Waals surface area contributed by atoms with Gasteiger partial charge in [0.1, 0.15) is 15.9 Å². The van der Waals surface area contributed by atoms with Crippen LogP contribution in [0.15, 0.2) is 144 Å². The molecule has 1 atom stereocenters. The van der Waals surface area contributed by atoms with Gasteiger partial charge >= 0.3 is 5.97 Å². The van der Waals surface area contributed by atoms with Gasteiger partial charge in [-0.1, -0.05) is 102 Å². The zero-order chi connectivity index (χ0) is 41.9. The van der Waals surface area contributed by atoms with E-state index in [1.54, 1.807) is 135 Å². The van der Waals surface area contributed by atoms with Gasteiger partial charge in [-0.3, -0.25) is 19.2 Å². The minimum absolute atomic E-state index is 0.0891. The molecule has 0 aliphatic carbocycles. The standard InChI is InChI=1S/C45H36Cl2N4O6S2/c1-3-57-45(56)37-27(2)38(42(54)48-30-19-11-6-12-20-30)59-44(37)51-43(55)39(28-15-7-4-8-16-28)58-32-22-13-21-31(25-32)49-41(53)36(26-33-34(46)23-14-24-35(33)47)50-40(52)29-17-9-5-10-18-29/h4-26,39H,3H2,1-2H3,(H,48,54)(H,49,53)(H,50,52)(H,51,55)/b36-26+. The monoisotopic (exact) mass is 862 g/mol. The number of nitrogens with one attached hydrogen (secondary N) is 4. The smallest absolute Gasteiger partial charge is 0.341 e. The molecule has 4 amide bonds. The fourth-order valence-electron chi connectivity index (χ4n) is 5.77. The Morgan fingerprint density at radius 3 is 2.00 bits per heavy atom. The molecule has 0 fully saturated rings. The highest BCUT2D eigenvalue weighted by atomic mass is 35.5. The van der Waals surface area contributed by atoms with E-state index in [9.17, 15) is 24.0 Å². The van der Waals surface area contributed by atoms with E-state index in [1.807, 2.05) is 12.1 Å². The van der Waals surface area contributed by atoms with Crippen molar-refractivity contribution in [1.29, 1.82) is 0 Å². The van der Waals surface area contributed by atoms with Crippen molar-refractivity contribution in [2.24, 2.45) is 0 Å². The molecule has 6 rings (SSSR count). The molecule has 0 bridgehead atoms. The van der Waals surface area contributed by atoms with Gasteiger partial charge in [0.05, 0.1) is 17.0 Å². The Balaban J connectivity index is 1.27. The summed E-state index contributed by atoms with van der Waals surface area (Å²) in [4.78, 5) is 68.9. The molecular weight excluding hydrogens is 828 g/mol. The van der Waals surface area contributed by atoms with Crippen molar-refractivity contribution in [2.75, 3.05) is 22.6 Å². The number of esters is 1. The molecule has 0 aliphatic heterocycles. The molecule has 0 saturated heterocycles. The van der Waals surface area contributed by atoms with E-state index in [1.165, 1.54) is 17.8 Å². The number of thiophene rings is 1. The molecular formula is C45H36Cl2N4O6S2. The quantitative estimate of drug-likeness (QED) is 0.0485. The van der Waals surface area contributed by atoms with Crippen LogP contribution in [0.2, 0.25) is 10.0 Å². The average Bonchev–Trinajstić information content (AvgIpc) is 3.57. The van der Waals surface area contributed by atoms with Crippen molar-refractivity contribution >= 4 is 98.4 Å². The third kappa shape index (κ3) is 10.9. The molecule has 0 spiro atoms. The van der Waals surface area contributed by atoms with Crippen LogP contribution in [0.4, 0.5) is 16.4 Å². The topological polar surface area (TPSA) is 143 Å². The predicted octanol–water partition coefficient (Wildman–Crippen LogP) is 10.7. The first-order chi connectivity index (χ1) is 28.5. The Hall–Kier alpha value is -6.18. The number of rotatable bonds is 14. The highest BCUT2D eigenvalue weighted by molar-refractivity contribution is 8.00. The summed E-state index contributed by atoms with van der Waals surface area (Å²) in [5.41, 5.74) is 2.61. The van der Waals surface area contributed by atoms with Gasteiger partial charge in [0.15, 0.2) is 0 Å². The average molecular weight is 864 g/mol. The van der Waals surface area contributed by atoms with Gasteiger partial charge in [0.25, 0.3) is 17.7 Å². The van der Waals surface area contributed by atoms with Crippen LogP contribution in [0.1, 0.15) is 59.3 Å². The number of para-hydroxylation sites is 1. The number of carbonyl (C=O) groups excluding carboxylic acids is 5. The molecule has 298 valence electrons. The van der Waals surface area contributed by atoms with Crippen LogP contribution in [0, 0.1) is 6.92 Å². The summed E-state index contributed by atoms with van der Waals surface area (Å²) in [5, 5.41) is 11.1. The molecule has 6 aromatic rings. The maximum Gasteiger partial charge on any atom is 0.341 e. The van der Waals surface area contributed by atoms with Crippen LogP contribution < -0.4 is 21.3 Å². The number of amides is 4. The molecule has 4 N–H and O–H groups in total. The van der Waals surface area contributed by atoms with Crippen LogP contribution in [0.3, 0.4) is 0 Å². The number of ether oxygens (including phenoxy) is 1. The first-order valence-electron chi connectivity index (χ1n) is 18.1. The first-order valence-corrected chi connectivity index (χ1v) is 20.6. The zero-order valence-electron chi connectivity index (χ0n) is 31.6. The Morgan fingerprint density at radius 2 is 1.34 bits per heavy atom. The van der Waals surface area contributed by atoms with E-state index in [0.29, 0.717) is 38.5 Å². The first kappa shape index (κ1) is 42.4. The molecule has 1 unspecified atom stereocenters. The Bertz CT molecular complexity index is 2510. The highest BCUT2D eigenvalue weighted by Crippen LogP contribution is 2.40. The third-order valence-corrected chi connectivity index (χ3v) is 11.7.